The van der Waals surface area contributed by atoms with Gasteiger partial charge in [-0.05, 0) is 13.3 Å². The van der Waals surface area contributed by atoms with Crippen molar-refractivity contribution in [3.63, 3.8) is 0 Å². The molecule has 15 heavy (non-hydrogen) atoms. The number of hydrogen-bond donors (Lipinski definition) is 2. The van der Waals surface area contributed by atoms with Crippen molar-refractivity contribution >= 4 is 5.91 Å². The Morgan fingerprint density at radius 3 is 3.07 bits per heavy atom. The van der Waals surface area contributed by atoms with Crippen LogP contribution in [-0.4, -0.2) is 37.7 Å². The van der Waals surface area contributed by atoms with Crippen LogP contribution in [0.3, 0.4) is 0 Å². The molecule has 0 bridgehead atoms. The molecule has 0 aromatic rings. The van der Waals surface area contributed by atoms with Crippen molar-refractivity contribution in [2.75, 3.05) is 13.7 Å². The lowest BCUT2D eigenvalue weighted by Gasteiger charge is -2.14. The molecule has 0 aliphatic carbocycles. The van der Waals surface area contributed by atoms with E-state index in [0.29, 0.717) is 19.4 Å². The summed E-state index contributed by atoms with van der Waals surface area (Å²) in [7, 11) is 1.64. The van der Waals surface area contributed by atoms with Crippen molar-refractivity contribution in [1.29, 1.82) is 5.26 Å². The summed E-state index contributed by atoms with van der Waals surface area (Å²) in [5.74, 6) is -0.0442. The molecular weight excluding hydrogens is 194 g/mol. The van der Waals surface area contributed by atoms with Crippen molar-refractivity contribution in [3.05, 3.63) is 0 Å². The molecule has 0 aromatic heterocycles. The topological polar surface area (TPSA) is 74.2 Å². The monoisotopic (exact) mass is 211 g/mol. The minimum absolute atomic E-state index is 0.0442. The molecule has 1 aliphatic heterocycles. The number of carbonyl (C=O) groups is 1. The molecule has 0 radical (unpaired) electrons. The zero-order chi connectivity index (χ0) is 11.3. The molecule has 1 aliphatic rings. The van der Waals surface area contributed by atoms with Crippen molar-refractivity contribution in [2.24, 2.45) is 0 Å². The molecule has 3 atom stereocenters. The Balaban J connectivity index is 2.32. The van der Waals surface area contributed by atoms with Crippen molar-refractivity contribution in [2.45, 2.75) is 38.0 Å². The van der Waals surface area contributed by atoms with E-state index in [1.54, 1.807) is 7.11 Å². The molecule has 0 aromatic carbocycles. The van der Waals surface area contributed by atoms with Gasteiger partial charge in [0.05, 0.1) is 24.6 Å². The van der Waals surface area contributed by atoms with Gasteiger partial charge < -0.3 is 15.4 Å². The van der Waals surface area contributed by atoms with Gasteiger partial charge in [0.15, 0.2) is 0 Å². The first kappa shape index (κ1) is 12.0. The maximum Gasteiger partial charge on any atom is 0.237 e. The molecule has 5 heteroatoms. The SMILES string of the molecule is COC1CNC(C(=O)NC(C)CC#N)C1. The number of hydrogen-bond acceptors (Lipinski definition) is 4. The number of rotatable bonds is 4. The summed E-state index contributed by atoms with van der Waals surface area (Å²) < 4.78 is 5.15. The van der Waals surface area contributed by atoms with Gasteiger partial charge in [0, 0.05) is 19.7 Å². The molecule has 1 heterocycles. The molecule has 1 fully saturated rings. The fourth-order valence-electron chi connectivity index (χ4n) is 1.61. The maximum atomic E-state index is 11.7. The van der Waals surface area contributed by atoms with E-state index in [1.807, 2.05) is 13.0 Å². The first-order chi connectivity index (χ1) is 7.17. The lowest BCUT2D eigenvalue weighted by atomic mass is 10.1. The Hall–Kier alpha value is -1.12. The van der Waals surface area contributed by atoms with Gasteiger partial charge in [-0.1, -0.05) is 0 Å². The van der Waals surface area contributed by atoms with E-state index in [-0.39, 0.29) is 24.1 Å². The van der Waals surface area contributed by atoms with E-state index in [0.717, 1.165) is 0 Å². The Kier molecular flexibility index (Phi) is 4.53. The number of amides is 1. The summed E-state index contributed by atoms with van der Waals surface area (Å²) >= 11 is 0. The van der Waals surface area contributed by atoms with Crippen LogP contribution in [0.2, 0.25) is 0 Å². The molecule has 3 unspecified atom stereocenters. The van der Waals surface area contributed by atoms with Crippen LogP contribution in [0, 0.1) is 11.3 Å². The summed E-state index contributed by atoms with van der Waals surface area (Å²) in [4.78, 5) is 11.7. The van der Waals surface area contributed by atoms with E-state index in [4.69, 9.17) is 10.00 Å². The standard InChI is InChI=1S/C10H17N3O2/c1-7(3-4-11)13-10(14)9-5-8(15-2)6-12-9/h7-9,12H,3,5-6H2,1-2H3,(H,13,14). The van der Waals surface area contributed by atoms with Gasteiger partial charge in [-0.25, -0.2) is 0 Å². The number of methoxy groups -OCH3 is 1. The number of nitriles is 1. The third-order valence-corrected chi connectivity index (χ3v) is 2.53. The van der Waals surface area contributed by atoms with Gasteiger partial charge in [-0.15, -0.1) is 0 Å². The van der Waals surface area contributed by atoms with Crippen LogP contribution in [-0.2, 0) is 9.53 Å². The van der Waals surface area contributed by atoms with Crippen LogP contribution in [0.4, 0.5) is 0 Å². The Morgan fingerprint density at radius 2 is 2.53 bits per heavy atom. The molecule has 5 nitrogen and oxygen atoms in total. The van der Waals surface area contributed by atoms with Crippen molar-refractivity contribution in [1.82, 2.24) is 10.6 Å². The first-order valence-electron chi connectivity index (χ1n) is 5.11. The largest absolute Gasteiger partial charge is 0.380 e. The van der Waals surface area contributed by atoms with E-state index < -0.39 is 0 Å². The van der Waals surface area contributed by atoms with E-state index in [2.05, 4.69) is 10.6 Å². The van der Waals surface area contributed by atoms with Gasteiger partial charge in [0.25, 0.3) is 0 Å². The number of nitrogens with zero attached hydrogens (tertiary/aromatic N) is 1. The smallest absolute Gasteiger partial charge is 0.237 e. The van der Waals surface area contributed by atoms with Crippen LogP contribution in [0.1, 0.15) is 19.8 Å². The zero-order valence-electron chi connectivity index (χ0n) is 9.12. The molecule has 1 saturated heterocycles. The minimum atomic E-state index is -0.184. The highest BCUT2D eigenvalue weighted by atomic mass is 16.5. The second kappa shape index (κ2) is 5.69. The van der Waals surface area contributed by atoms with Gasteiger partial charge in [-0.2, -0.15) is 5.26 Å². The lowest BCUT2D eigenvalue weighted by Crippen LogP contribution is -2.44. The molecule has 84 valence electrons. The highest BCUT2D eigenvalue weighted by Gasteiger charge is 2.29. The third-order valence-electron chi connectivity index (χ3n) is 2.53. The van der Waals surface area contributed by atoms with Gasteiger partial charge in [0.2, 0.25) is 5.91 Å². The zero-order valence-corrected chi connectivity index (χ0v) is 9.12. The lowest BCUT2D eigenvalue weighted by molar-refractivity contribution is -0.123. The number of nitrogens with one attached hydrogen (secondary N) is 2. The summed E-state index contributed by atoms with van der Waals surface area (Å²) in [6.07, 6.45) is 1.15. The predicted molar refractivity (Wildman–Crippen MR) is 55.0 cm³/mol. The average Bonchev–Trinajstić information content (AvgIpc) is 2.66. The normalized spacial score (nSPS) is 27.0. The molecule has 1 amide bonds. The molecule has 0 saturated carbocycles. The van der Waals surface area contributed by atoms with Gasteiger partial charge in [0.1, 0.15) is 0 Å². The highest BCUT2D eigenvalue weighted by Crippen LogP contribution is 2.09. The first-order valence-corrected chi connectivity index (χ1v) is 5.11. The van der Waals surface area contributed by atoms with E-state index in [9.17, 15) is 4.79 Å². The maximum absolute atomic E-state index is 11.7. The Morgan fingerprint density at radius 1 is 1.80 bits per heavy atom. The van der Waals surface area contributed by atoms with Crippen LogP contribution in [0.5, 0.6) is 0 Å². The Labute approximate surface area is 89.8 Å². The van der Waals surface area contributed by atoms with Crippen LogP contribution >= 0.6 is 0 Å². The number of carbonyl (C=O) groups excluding carboxylic acids is 1. The van der Waals surface area contributed by atoms with Crippen LogP contribution in [0.25, 0.3) is 0 Å². The minimum Gasteiger partial charge on any atom is -0.380 e. The third kappa shape index (κ3) is 3.50. The van der Waals surface area contributed by atoms with Crippen molar-refractivity contribution < 1.29 is 9.53 Å². The van der Waals surface area contributed by atoms with Crippen molar-refractivity contribution in [3.8, 4) is 6.07 Å². The van der Waals surface area contributed by atoms with Gasteiger partial charge >= 0.3 is 0 Å². The van der Waals surface area contributed by atoms with Gasteiger partial charge in [-0.3, -0.25) is 4.79 Å². The van der Waals surface area contributed by atoms with E-state index in [1.165, 1.54) is 0 Å². The van der Waals surface area contributed by atoms with E-state index >= 15 is 0 Å². The molecule has 2 N–H and O–H groups in total. The Bertz CT molecular complexity index is 262. The second-order valence-corrected chi connectivity index (χ2v) is 3.83. The molecular formula is C10H17N3O2. The summed E-state index contributed by atoms with van der Waals surface area (Å²) in [6, 6.07) is 1.75. The number of ether oxygens (including phenoxy) is 1. The van der Waals surface area contributed by atoms with Crippen LogP contribution < -0.4 is 10.6 Å². The molecule has 1 rings (SSSR count). The summed E-state index contributed by atoms with van der Waals surface area (Å²) in [6.45, 7) is 2.53. The predicted octanol–water partition coefficient (Wildman–Crippen LogP) is -0.218. The fraction of sp³-hybridized carbons (Fsp3) is 0.800. The summed E-state index contributed by atoms with van der Waals surface area (Å²) in [5, 5.41) is 14.3. The fourth-order valence-corrected chi connectivity index (χ4v) is 1.61. The quantitative estimate of drug-likeness (QED) is 0.674. The summed E-state index contributed by atoms with van der Waals surface area (Å²) in [5.41, 5.74) is 0. The van der Waals surface area contributed by atoms with Crippen LogP contribution in [0.15, 0.2) is 0 Å². The average molecular weight is 211 g/mol. The molecule has 0 spiro atoms. The highest BCUT2D eigenvalue weighted by molar-refractivity contribution is 5.82. The second-order valence-electron chi connectivity index (χ2n) is 3.83.